The Morgan fingerprint density at radius 3 is 1.22 bits per heavy atom. The normalized spacial score (nSPS) is 12.1. The second-order valence-corrected chi connectivity index (χ2v) is 33.4. The highest BCUT2D eigenvalue weighted by Crippen LogP contribution is 2.40. The van der Waals surface area contributed by atoms with E-state index in [1.165, 1.54) is 105 Å². The molecule has 25 aromatic rings. The van der Waals surface area contributed by atoms with E-state index in [1.807, 2.05) is 56.4 Å². The highest BCUT2D eigenvalue weighted by Gasteiger charge is 2.29. The van der Waals surface area contributed by atoms with E-state index in [-0.39, 0.29) is 0 Å². The van der Waals surface area contributed by atoms with Crippen LogP contribution in [-0.2, 0) is 35.2 Å². The Labute approximate surface area is 737 Å². The lowest BCUT2D eigenvalue weighted by molar-refractivity contribution is -0.659. The smallest absolute Gasteiger partial charge is 0.261 e. The van der Waals surface area contributed by atoms with Crippen LogP contribution < -0.4 is 22.8 Å². The van der Waals surface area contributed by atoms with Crippen LogP contribution in [0.5, 0.6) is 0 Å². The summed E-state index contributed by atoms with van der Waals surface area (Å²) in [6, 6.07) is 115. The minimum atomic E-state index is -2.11. The molecule has 0 fully saturated rings. The third kappa shape index (κ3) is 13.9. The first-order chi connectivity index (χ1) is 63.1. The Morgan fingerprint density at radius 2 is 0.654 bits per heavy atom. The van der Waals surface area contributed by atoms with Gasteiger partial charge in [-0.2, -0.15) is 22.8 Å². The van der Waals surface area contributed by atoms with Crippen LogP contribution in [0.3, 0.4) is 0 Å². The lowest BCUT2D eigenvalue weighted by Crippen LogP contribution is -2.31. The monoisotopic (exact) mass is 1650 g/mol. The van der Waals surface area contributed by atoms with Gasteiger partial charge in [-0.3, -0.25) is 0 Å². The zero-order chi connectivity index (χ0) is 89.1. The summed E-state index contributed by atoms with van der Waals surface area (Å²) >= 11 is 0. The lowest BCUT2D eigenvalue weighted by Gasteiger charge is -2.06. The van der Waals surface area contributed by atoms with E-state index in [1.54, 1.807) is 12.1 Å². The number of aryl methyl sites for hydroxylation is 12. The molecule has 13 aromatic carbocycles. The summed E-state index contributed by atoms with van der Waals surface area (Å²) in [6.45, 7) is 10.5. The van der Waals surface area contributed by atoms with Crippen LogP contribution in [0.2, 0.25) is 0 Å². The van der Waals surface area contributed by atoms with Crippen LogP contribution >= 0.6 is 0 Å². The largest absolute Gasteiger partial charge is 0.449 e. The van der Waals surface area contributed by atoms with Crippen LogP contribution in [0.25, 0.3) is 221 Å². The SMILES string of the molecule is Cc1ccccc1-c1cc2c(c[n+]1C)oc1c3ccccc3ccc21.Cc1ccccc1-c1ccc2oc3cc4ccccc4cc3c2[n+]1C.Cc1ccccc1-c1ccc2oc3ccc4ccccc4c3c2[n+]1C.Cc1ccccc1-c1ccc2oc3nc4ccccc4cc3c2[n+]1C.[2H]C([2H])([2H])c1ccc(-c2ccc3oc4nc5cc(C)ccc5cc4c3[n+]2C)c(C)c1. The van der Waals surface area contributed by atoms with Gasteiger partial charge in [0.2, 0.25) is 57.3 Å². The van der Waals surface area contributed by atoms with Gasteiger partial charge in [-0.15, -0.1) is 0 Å². The molecule has 12 heteroatoms. The van der Waals surface area contributed by atoms with Crippen molar-refractivity contribution in [1.82, 2.24) is 9.97 Å². The summed E-state index contributed by atoms with van der Waals surface area (Å²) in [7, 11) is 10.4. The second-order valence-electron chi connectivity index (χ2n) is 33.4. The average Bonchev–Trinajstić information content (AvgIpc) is 1.58. The van der Waals surface area contributed by atoms with Crippen molar-refractivity contribution in [3.8, 4) is 56.3 Å². The molecule has 0 aliphatic heterocycles. The summed E-state index contributed by atoms with van der Waals surface area (Å²) in [4.78, 5) is 9.43. The third-order valence-corrected chi connectivity index (χ3v) is 25.3. The second kappa shape index (κ2) is 31.8. The van der Waals surface area contributed by atoms with E-state index in [4.69, 9.17) is 36.2 Å². The Kier molecular flexibility index (Phi) is 18.8. The van der Waals surface area contributed by atoms with Gasteiger partial charge in [0.25, 0.3) is 22.1 Å². The molecule has 0 amide bonds. The highest BCUT2D eigenvalue weighted by molar-refractivity contribution is 6.18. The molecule has 12 nitrogen and oxygen atoms in total. The summed E-state index contributed by atoms with van der Waals surface area (Å²) in [5.74, 6) is 0. The summed E-state index contributed by atoms with van der Waals surface area (Å²) < 4.78 is 64.5. The highest BCUT2D eigenvalue weighted by atomic mass is 16.4. The molecule has 0 spiro atoms. The van der Waals surface area contributed by atoms with Crippen molar-refractivity contribution >= 4 is 165 Å². The Hall–Kier alpha value is -15.8. The molecule has 0 saturated carbocycles. The maximum atomic E-state index is 7.65. The van der Waals surface area contributed by atoms with Gasteiger partial charge < -0.3 is 22.1 Å². The van der Waals surface area contributed by atoms with E-state index < -0.39 is 6.85 Å². The van der Waals surface area contributed by atoms with Crippen LogP contribution in [0.4, 0.5) is 0 Å². The van der Waals surface area contributed by atoms with Crippen molar-refractivity contribution in [1.29, 1.82) is 0 Å². The van der Waals surface area contributed by atoms with Gasteiger partial charge in [-0.1, -0.05) is 206 Å². The van der Waals surface area contributed by atoms with Gasteiger partial charge in [0.05, 0.1) is 16.4 Å². The maximum Gasteiger partial charge on any atom is 0.261 e. The van der Waals surface area contributed by atoms with Crippen molar-refractivity contribution in [3.63, 3.8) is 0 Å². The number of para-hydroxylation sites is 1. The topological polar surface area (TPSA) is 111 Å². The van der Waals surface area contributed by atoms with E-state index in [0.29, 0.717) is 17.0 Å². The molecule has 12 aromatic heterocycles. The number of furan rings is 5. The average molecular weight is 1660 g/mol. The maximum absolute atomic E-state index is 7.65. The fourth-order valence-corrected chi connectivity index (χ4v) is 18.8. The van der Waals surface area contributed by atoms with Crippen LogP contribution in [0.1, 0.15) is 43.1 Å². The molecular formula is C115H92N7O5+5. The Balaban J connectivity index is 0.0000000985. The molecule has 0 atom stereocenters. The molecule has 0 aliphatic rings. The van der Waals surface area contributed by atoms with Crippen LogP contribution in [0, 0.1) is 48.4 Å². The molecular weight excluding hydrogens is 1560 g/mol. The zero-order valence-corrected chi connectivity index (χ0v) is 72.5. The summed E-state index contributed by atoms with van der Waals surface area (Å²) in [5, 5.41) is 16.2. The zero-order valence-electron chi connectivity index (χ0n) is 75.5. The summed E-state index contributed by atoms with van der Waals surface area (Å²) in [5.41, 5.74) is 34.0. The summed E-state index contributed by atoms with van der Waals surface area (Å²) in [6.07, 6.45) is 2.09. The predicted molar refractivity (Wildman–Crippen MR) is 518 cm³/mol. The molecule has 0 saturated heterocycles. The predicted octanol–water partition coefficient (Wildman–Crippen LogP) is 27.1. The van der Waals surface area contributed by atoms with E-state index in [2.05, 4.69) is 371 Å². The minimum absolute atomic E-state index is 0.354. The molecule has 0 aliphatic carbocycles. The number of rotatable bonds is 5. The molecule has 0 N–H and O–H groups in total. The van der Waals surface area contributed by atoms with Crippen molar-refractivity contribution in [2.24, 2.45) is 35.2 Å². The quantitative estimate of drug-likeness (QED) is 0.158. The van der Waals surface area contributed by atoms with Gasteiger partial charge in [0, 0.05) is 89.2 Å². The first-order valence-electron chi connectivity index (χ1n) is 44.4. The molecule has 612 valence electrons. The van der Waals surface area contributed by atoms with Crippen molar-refractivity contribution < 1.29 is 49.0 Å². The Morgan fingerprint density at radius 1 is 0.244 bits per heavy atom. The van der Waals surface area contributed by atoms with E-state index in [9.17, 15) is 0 Å². The lowest BCUT2D eigenvalue weighted by atomic mass is 10.0. The number of nitrogens with zero attached hydrogens (tertiary/aromatic N) is 7. The van der Waals surface area contributed by atoms with E-state index in [0.717, 1.165) is 138 Å². The fourth-order valence-electron chi connectivity index (χ4n) is 18.8. The molecule has 0 radical (unpaired) electrons. The first-order valence-corrected chi connectivity index (χ1v) is 42.9. The molecule has 12 heterocycles. The first kappa shape index (κ1) is 75.0. The van der Waals surface area contributed by atoms with Gasteiger partial charge in [0.15, 0.2) is 16.7 Å². The molecule has 127 heavy (non-hydrogen) atoms. The van der Waals surface area contributed by atoms with Crippen LogP contribution in [0.15, 0.2) is 362 Å². The van der Waals surface area contributed by atoms with Crippen molar-refractivity contribution in [2.75, 3.05) is 0 Å². The van der Waals surface area contributed by atoms with Crippen molar-refractivity contribution in [2.45, 2.75) is 48.4 Å². The Bertz CT molecular complexity index is 8650. The number of hydrogen-bond acceptors (Lipinski definition) is 7. The fraction of sp³-hybridized carbons (Fsp3) is 0.104. The van der Waals surface area contributed by atoms with E-state index >= 15 is 0 Å². The van der Waals surface area contributed by atoms with Gasteiger partial charge in [-0.25, -0.2) is 9.97 Å². The number of pyridine rings is 7. The number of hydrogen-bond donors (Lipinski definition) is 0. The van der Waals surface area contributed by atoms with Crippen molar-refractivity contribution in [3.05, 3.63) is 379 Å². The number of benzene rings is 13. The number of fused-ring (bicyclic) bond motifs is 22. The standard InChI is InChI=1S/C24H21N2O.3C23H18NO.C22H17N2O/c1-14-6-8-18(16(3)11-14)21-9-10-22-23(26(21)4)19-13-17-7-5-15(2)12-20(17)25-24(19)27-22;1-15-7-3-6-10-18(15)20-11-12-21-23(24(20)2)19-13-16-8-4-5-9-17(16)14-22(19)25-21;1-15-7-3-5-9-17(15)19-12-14-21-23(24(19)2)22-18-10-6-4-8-16(18)11-13-20(22)25-21;1-15-7-3-5-9-17(15)21-13-20-19-12-11-16-8-4-6-10-18(16)23(19)25-22(20)14-24(21)2;1-14-7-3-5-9-16(14)19-11-12-20-21(24(19)2)17-13-15-8-4-6-10-18(15)23-22(17)25-20/h5-13H,1-4H3;3*3-14H,1-2H3;3-13H,1-2H3/q5*+1/i1D3;;;;. The molecule has 0 unspecified atom stereocenters. The van der Waals surface area contributed by atoms with Gasteiger partial charge >= 0.3 is 0 Å². The van der Waals surface area contributed by atoms with Gasteiger partial charge in [0.1, 0.15) is 68.1 Å². The molecule has 0 bridgehead atoms. The third-order valence-electron chi connectivity index (χ3n) is 25.3. The van der Waals surface area contributed by atoms with Gasteiger partial charge in [-0.05, 0) is 212 Å². The minimum Gasteiger partial charge on any atom is -0.449 e. The number of aromatic nitrogens is 7. The molecule has 25 rings (SSSR count). The van der Waals surface area contributed by atoms with Crippen LogP contribution in [-0.4, -0.2) is 9.97 Å².